The van der Waals surface area contributed by atoms with Crippen molar-refractivity contribution >= 4 is 16.3 Å². The van der Waals surface area contributed by atoms with E-state index >= 15 is 0 Å². The number of hydrogen-bond acceptors (Lipinski definition) is 1. The maximum atomic E-state index is 4.80. The van der Waals surface area contributed by atoms with Gasteiger partial charge in [-0.3, -0.25) is 4.98 Å². The molecule has 0 N–H and O–H groups in total. The van der Waals surface area contributed by atoms with Crippen molar-refractivity contribution in [1.29, 1.82) is 0 Å². The average Bonchev–Trinajstić information content (AvgIpc) is 3.15. The molecule has 0 atom stereocenters. The minimum atomic E-state index is 1.02. The number of fused-ring (bicyclic) bond motifs is 2. The van der Waals surface area contributed by atoms with E-state index in [9.17, 15) is 0 Å². The van der Waals surface area contributed by atoms with Crippen LogP contribution in [0.2, 0.25) is 0 Å². The van der Waals surface area contributed by atoms with E-state index in [1.807, 2.05) is 12.3 Å². The summed E-state index contributed by atoms with van der Waals surface area (Å²) in [5, 5.41) is 2.47. The first-order chi connectivity index (χ1) is 12.8. The van der Waals surface area contributed by atoms with Crippen molar-refractivity contribution in [2.45, 2.75) is 6.92 Å². The molecule has 2 aromatic carbocycles. The molecule has 0 spiro atoms. The predicted octanol–water partition coefficient (Wildman–Crippen LogP) is 6.13. The topological polar surface area (TPSA) is 17.3 Å². The molecule has 0 aliphatic heterocycles. The second-order valence-corrected chi connectivity index (χ2v) is 6.67. The Labute approximate surface area is 152 Å². The van der Waals surface area contributed by atoms with Crippen LogP contribution in [-0.2, 0) is 0 Å². The van der Waals surface area contributed by atoms with Crippen molar-refractivity contribution in [3.63, 3.8) is 0 Å². The zero-order valence-electron chi connectivity index (χ0n) is 14.6. The van der Waals surface area contributed by atoms with Gasteiger partial charge in [0.15, 0.2) is 0 Å². The fourth-order valence-electron chi connectivity index (χ4n) is 3.64. The van der Waals surface area contributed by atoms with Gasteiger partial charge in [0.2, 0.25) is 0 Å². The Kier molecular flexibility index (Phi) is 3.36. The lowest BCUT2D eigenvalue weighted by Gasteiger charge is -2.12. The third kappa shape index (κ3) is 2.39. The molecule has 0 bridgehead atoms. The van der Waals surface area contributed by atoms with Crippen LogP contribution in [0.25, 0.3) is 38.7 Å². The van der Waals surface area contributed by atoms with Gasteiger partial charge in [-0.1, -0.05) is 48.5 Å². The minimum Gasteiger partial charge on any atom is -0.323 e. The summed E-state index contributed by atoms with van der Waals surface area (Å²) in [5.41, 5.74) is 7.01. The Hall–Kier alpha value is -3.39. The van der Waals surface area contributed by atoms with Gasteiger partial charge >= 0.3 is 0 Å². The fourth-order valence-corrected chi connectivity index (χ4v) is 3.64. The summed E-state index contributed by atoms with van der Waals surface area (Å²) in [6.45, 7) is 2.16. The van der Waals surface area contributed by atoms with Crippen molar-refractivity contribution in [2.75, 3.05) is 0 Å². The summed E-state index contributed by atoms with van der Waals surface area (Å²) >= 11 is 0. The van der Waals surface area contributed by atoms with Gasteiger partial charge in [0, 0.05) is 35.2 Å². The Morgan fingerprint density at radius 1 is 0.808 bits per heavy atom. The zero-order chi connectivity index (χ0) is 17.5. The lowest BCUT2D eigenvalue weighted by molar-refractivity contribution is 1.22. The van der Waals surface area contributed by atoms with E-state index in [-0.39, 0.29) is 0 Å². The number of aryl methyl sites for hydroxylation is 1. The van der Waals surface area contributed by atoms with Crippen LogP contribution in [0.15, 0.2) is 91.4 Å². The van der Waals surface area contributed by atoms with E-state index in [0.717, 1.165) is 11.3 Å². The Balaban J connectivity index is 1.69. The van der Waals surface area contributed by atoms with Crippen molar-refractivity contribution in [3.8, 4) is 22.4 Å². The van der Waals surface area contributed by atoms with Crippen LogP contribution in [0, 0.1) is 6.92 Å². The predicted molar refractivity (Wildman–Crippen MR) is 108 cm³/mol. The Morgan fingerprint density at radius 2 is 1.69 bits per heavy atom. The summed E-state index contributed by atoms with van der Waals surface area (Å²) in [6.07, 6.45) is 6.24. The number of aromatic nitrogens is 2. The molecule has 2 heteroatoms. The smallest absolute Gasteiger partial charge is 0.0711 e. The maximum absolute atomic E-state index is 4.80. The number of hydrogen-bond donors (Lipinski definition) is 0. The molecule has 0 fully saturated rings. The van der Waals surface area contributed by atoms with Crippen molar-refractivity contribution in [1.82, 2.24) is 9.38 Å². The molecule has 5 aromatic rings. The quantitative estimate of drug-likeness (QED) is 0.379. The standard InChI is InChI=1S/C24H18N2/c1-17-9-10-20-16-26-13-5-8-21(26)14-22(20)24(17)23-12-11-19(15-25-23)18-6-3-2-4-7-18/h2-16H,1H3. The first-order valence-electron chi connectivity index (χ1n) is 8.81. The molecule has 3 heterocycles. The third-order valence-electron chi connectivity index (χ3n) is 5.00. The molecule has 2 nitrogen and oxygen atoms in total. The van der Waals surface area contributed by atoms with Crippen LogP contribution < -0.4 is 0 Å². The Bertz CT molecular complexity index is 1220. The molecule has 0 saturated carbocycles. The number of pyridine rings is 2. The molecular weight excluding hydrogens is 316 g/mol. The van der Waals surface area contributed by atoms with E-state index in [0.29, 0.717) is 0 Å². The van der Waals surface area contributed by atoms with Crippen LogP contribution in [0.3, 0.4) is 0 Å². The summed E-state index contributed by atoms with van der Waals surface area (Å²) in [5.74, 6) is 0. The number of nitrogens with zero attached hydrogens (tertiary/aromatic N) is 2. The zero-order valence-corrected chi connectivity index (χ0v) is 14.6. The molecule has 0 aliphatic rings. The molecule has 5 rings (SSSR count). The van der Waals surface area contributed by atoms with Gasteiger partial charge in [0.05, 0.1) is 5.69 Å². The van der Waals surface area contributed by atoms with E-state index in [4.69, 9.17) is 4.98 Å². The van der Waals surface area contributed by atoms with Crippen molar-refractivity contribution in [2.24, 2.45) is 0 Å². The van der Waals surface area contributed by atoms with E-state index < -0.39 is 0 Å². The maximum Gasteiger partial charge on any atom is 0.0711 e. The first kappa shape index (κ1) is 14.9. The second kappa shape index (κ2) is 5.85. The molecule has 0 unspecified atom stereocenters. The van der Waals surface area contributed by atoms with Crippen LogP contribution in [0.1, 0.15) is 5.56 Å². The van der Waals surface area contributed by atoms with Gasteiger partial charge in [-0.05, 0) is 53.1 Å². The highest BCUT2D eigenvalue weighted by Gasteiger charge is 2.10. The summed E-state index contributed by atoms with van der Waals surface area (Å²) in [4.78, 5) is 4.80. The monoisotopic (exact) mass is 334 g/mol. The van der Waals surface area contributed by atoms with Crippen LogP contribution in [-0.4, -0.2) is 9.38 Å². The van der Waals surface area contributed by atoms with E-state index in [2.05, 4.69) is 90.4 Å². The van der Waals surface area contributed by atoms with Gasteiger partial charge in [-0.25, -0.2) is 0 Å². The van der Waals surface area contributed by atoms with Gasteiger partial charge in [-0.15, -0.1) is 0 Å². The molecule has 0 radical (unpaired) electrons. The van der Waals surface area contributed by atoms with Gasteiger partial charge in [0.1, 0.15) is 0 Å². The average molecular weight is 334 g/mol. The largest absolute Gasteiger partial charge is 0.323 e. The van der Waals surface area contributed by atoms with E-state index in [1.165, 1.54) is 33.0 Å². The van der Waals surface area contributed by atoms with Crippen LogP contribution >= 0.6 is 0 Å². The van der Waals surface area contributed by atoms with Crippen molar-refractivity contribution < 1.29 is 0 Å². The number of rotatable bonds is 2. The second-order valence-electron chi connectivity index (χ2n) is 6.67. The Morgan fingerprint density at radius 3 is 2.50 bits per heavy atom. The van der Waals surface area contributed by atoms with Gasteiger partial charge in [0.25, 0.3) is 0 Å². The normalized spacial score (nSPS) is 11.3. The van der Waals surface area contributed by atoms with Gasteiger partial charge in [-0.2, -0.15) is 0 Å². The summed E-state index contributed by atoms with van der Waals surface area (Å²) in [6, 6.07) is 25.5. The highest BCUT2D eigenvalue weighted by atomic mass is 14.8. The first-order valence-corrected chi connectivity index (χ1v) is 8.81. The van der Waals surface area contributed by atoms with Crippen LogP contribution in [0.4, 0.5) is 0 Å². The van der Waals surface area contributed by atoms with E-state index in [1.54, 1.807) is 0 Å². The molecule has 26 heavy (non-hydrogen) atoms. The molecule has 0 saturated heterocycles. The highest BCUT2D eigenvalue weighted by Crippen LogP contribution is 2.32. The highest BCUT2D eigenvalue weighted by molar-refractivity contribution is 5.99. The van der Waals surface area contributed by atoms with Crippen molar-refractivity contribution in [3.05, 3.63) is 97.0 Å². The fraction of sp³-hybridized carbons (Fsp3) is 0.0417. The molecule has 0 amide bonds. The summed E-state index contributed by atoms with van der Waals surface area (Å²) < 4.78 is 2.16. The SMILES string of the molecule is Cc1ccc2cn3cccc3cc2c1-c1ccc(-c2ccccc2)cn1. The minimum absolute atomic E-state index is 1.02. The summed E-state index contributed by atoms with van der Waals surface area (Å²) in [7, 11) is 0. The molecule has 0 aliphatic carbocycles. The van der Waals surface area contributed by atoms with Gasteiger partial charge < -0.3 is 4.40 Å². The van der Waals surface area contributed by atoms with Crippen LogP contribution in [0.5, 0.6) is 0 Å². The lowest BCUT2D eigenvalue weighted by Crippen LogP contribution is -1.92. The third-order valence-corrected chi connectivity index (χ3v) is 5.00. The number of benzene rings is 2. The molecule has 3 aromatic heterocycles. The lowest BCUT2D eigenvalue weighted by atomic mass is 9.97. The molecular formula is C24H18N2. The molecule has 124 valence electrons.